The Bertz CT molecular complexity index is 1100. The van der Waals surface area contributed by atoms with Gasteiger partial charge in [0, 0.05) is 30.0 Å². The van der Waals surface area contributed by atoms with Crippen molar-refractivity contribution in [1.82, 2.24) is 20.3 Å². The van der Waals surface area contributed by atoms with Crippen LogP contribution in [0.1, 0.15) is 21.7 Å². The quantitative estimate of drug-likeness (QED) is 0.467. The summed E-state index contributed by atoms with van der Waals surface area (Å²) in [7, 11) is 0. The smallest absolute Gasteiger partial charge is 0.270 e. The molecule has 0 aliphatic rings. The monoisotopic (exact) mass is 416 g/mol. The zero-order valence-corrected chi connectivity index (χ0v) is 17.0. The first kappa shape index (κ1) is 19.7. The van der Waals surface area contributed by atoms with Gasteiger partial charge in [-0.1, -0.05) is 60.7 Å². The van der Waals surface area contributed by atoms with Gasteiger partial charge >= 0.3 is 0 Å². The van der Waals surface area contributed by atoms with Crippen LogP contribution in [0.5, 0.6) is 5.88 Å². The second-order valence-corrected chi connectivity index (χ2v) is 7.39. The van der Waals surface area contributed by atoms with Crippen LogP contribution in [-0.2, 0) is 13.0 Å². The van der Waals surface area contributed by atoms with Crippen molar-refractivity contribution in [1.29, 1.82) is 0 Å². The molecule has 2 heterocycles. The van der Waals surface area contributed by atoms with Crippen LogP contribution in [0.4, 0.5) is 0 Å². The third-order valence-electron chi connectivity index (χ3n) is 4.34. The first-order valence-electron chi connectivity index (χ1n) is 9.55. The topological polar surface area (TPSA) is 77.0 Å². The molecule has 4 rings (SSSR count). The second kappa shape index (κ2) is 9.76. The lowest BCUT2D eigenvalue weighted by atomic mass is 10.2. The van der Waals surface area contributed by atoms with Crippen LogP contribution in [-0.4, -0.2) is 27.4 Å². The van der Waals surface area contributed by atoms with Gasteiger partial charge in [0.05, 0.1) is 5.69 Å². The molecule has 0 fully saturated rings. The van der Waals surface area contributed by atoms with Gasteiger partial charge in [0.1, 0.15) is 23.6 Å². The fourth-order valence-electron chi connectivity index (χ4n) is 2.80. The molecule has 0 saturated carbocycles. The highest BCUT2D eigenvalue weighted by Gasteiger charge is 2.10. The summed E-state index contributed by atoms with van der Waals surface area (Å²) in [5, 5.41) is 5.88. The minimum absolute atomic E-state index is 0.263. The summed E-state index contributed by atoms with van der Waals surface area (Å²) in [6, 6.07) is 21.4. The molecule has 30 heavy (non-hydrogen) atoms. The van der Waals surface area contributed by atoms with E-state index in [4.69, 9.17) is 4.74 Å². The van der Waals surface area contributed by atoms with Crippen LogP contribution >= 0.6 is 11.3 Å². The molecule has 0 saturated heterocycles. The van der Waals surface area contributed by atoms with E-state index >= 15 is 0 Å². The lowest BCUT2D eigenvalue weighted by Crippen LogP contribution is -2.26. The molecular formula is C23H20N4O2S. The highest BCUT2D eigenvalue weighted by Crippen LogP contribution is 2.23. The highest BCUT2D eigenvalue weighted by atomic mass is 32.1. The van der Waals surface area contributed by atoms with Crippen LogP contribution in [0, 0.1) is 0 Å². The van der Waals surface area contributed by atoms with Crippen molar-refractivity contribution < 1.29 is 9.53 Å². The van der Waals surface area contributed by atoms with Crippen LogP contribution in [0.15, 0.2) is 78.4 Å². The number of hydrogen-bond donors (Lipinski definition) is 1. The number of rotatable bonds is 8. The van der Waals surface area contributed by atoms with Gasteiger partial charge in [-0.15, -0.1) is 11.3 Å². The molecule has 0 unspecified atom stereocenters. The van der Waals surface area contributed by atoms with E-state index in [1.807, 2.05) is 66.0 Å². The maximum Gasteiger partial charge on any atom is 0.270 e. The minimum atomic E-state index is -0.263. The van der Waals surface area contributed by atoms with Gasteiger partial charge in [-0.2, -0.15) is 0 Å². The Morgan fingerprint density at radius 3 is 2.57 bits per heavy atom. The number of nitrogens with zero attached hydrogens (tertiary/aromatic N) is 3. The first-order chi connectivity index (χ1) is 14.8. The zero-order chi connectivity index (χ0) is 20.6. The molecule has 0 aliphatic carbocycles. The lowest BCUT2D eigenvalue weighted by molar-refractivity contribution is 0.0948. The molecule has 1 N–H and O–H groups in total. The number of nitrogens with one attached hydrogen (secondary N) is 1. The summed E-state index contributed by atoms with van der Waals surface area (Å²) in [6.07, 6.45) is 1.99. The van der Waals surface area contributed by atoms with Gasteiger partial charge in [-0.05, 0) is 5.56 Å². The van der Waals surface area contributed by atoms with Crippen molar-refractivity contribution in [3.63, 3.8) is 0 Å². The average Bonchev–Trinajstić information content (AvgIpc) is 3.28. The summed E-state index contributed by atoms with van der Waals surface area (Å²) in [6.45, 7) is 0.855. The number of amides is 1. The average molecular weight is 417 g/mol. The Kier molecular flexibility index (Phi) is 6.41. The Morgan fingerprint density at radius 2 is 1.77 bits per heavy atom. The largest absolute Gasteiger partial charge is 0.473 e. The number of hydrogen-bond acceptors (Lipinski definition) is 6. The van der Waals surface area contributed by atoms with Gasteiger partial charge in [-0.25, -0.2) is 15.0 Å². The number of carbonyl (C=O) groups excluding carboxylic acids is 1. The molecule has 2 aromatic heterocycles. The van der Waals surface area contributed by atoms with E-state index in [1.165, 1.54) is 6.33 Å². The molecule has 1 amide bonds. The van der Waals surface area contributed by atoms with Crippen molar-refractivity contribution in [2.75, 3.05) is 6.54 Å². The number of ether oxygens (including phenoxy) is 1. The van der Waals surface area contributed by atoms with Crippen molar-refractivity contribution >= 4 is 17.2 Å². The van der Waals surface area contributed by atoms with Crippen LogP contribution < -0.4 is 10.1 Å². The molecule has 2 aromatic carbocycles. The molecule has 6 nitrogen and oxygen atoms in total. The standard InChI is InChI=1S/C23H20N4O2S/c28-22(20-13-21(26-16-25-20)29-14-17-7-3-1-4-8-17)24-12-11-19-15-30-23(27-19)18-9-5-2-6-10-18/h1-10,13,15-16H,11-12,14H2,(H,24,28). The minimum Gasteiger partial charge on any atom is -0.473 e. The third-order valence-corrected chi connectivity index (χ3v) is 5.28. The van der Waals surface area contributed by atoms with Crippen molar-refractivity contribution in [2.24, 2.45) is 0 Å². The maximum absolute atomic E-state index is 12.4. The molecule has 150 valence electrons. The SMILES string of the molecule is O=C(NCCc1csc(-c2ccccc2)n1)c1cc(OCc2ccccc2)ncn1. The van der Waals surface area contributed by atoms with E-state index < -0.39 is 0 Å². The normalized spacial score (nSPS) is 10.5. The molecule has 0 radical (unpaired) electrons. The molecule has 7 heteroatoms. The Morgan fingerprint density at radius 1 is 1.00 bits per heavy atom. The van der Waals surface area contributed by atoms with Gasteiger partial charge < -0.3 is 10.1 Å². The van der Waals surface area contributed by atoms with Crippen LogP contribution in [0.2, 0.25) is 0 Å². The van der Waals surface area contributed by atoms with Crippen molar-refractivity contribution in [2.45, 2.75) is 13.0 Å². The van der Waals surface area contributed by atoms with Crippen LogP contribution in [0.3, 0.4) is 0 Å². The Labute approximate surface area is 178 Å². The fraction of sp³-hybridized carbons (Fsp3) is 0.130. The molecule has 0 spiro atoms. The van der Waals surface area contributed by atoms with E-state index in [1.54, 1.807) is 17.4 Å². The third kappa shape index (κ3) is 5.27. The van der Waals surface area contributed by atoms with Gasteiger partial charge in [0.15, 0.2) is 0 Å². The van der Waals surface area contributed by atoms with Crippen molar-refractivity contribution in [3.05, 3.63) is 95.4 Å². The maximum atomic E-state index is 12.4. The Balaban J connectivity index is 1.28. The number of thiazole rings is 1. The van der Waals surface area contributed by atoms with Gasteiger partial charge in [0.25, 0.3) is 5.91 Å². The summed E-state index contributed by atoms with van der Waals surface area (Å²) >= 11 is 1.60. The summed E-state index contributed by atoms with van der Waals surface area (Å²) in [5.41, 5.74) is 3.35. The van der Waals surface area contributed by atoms with Crippen LogP contribution in [0.25, 0.3) is 10.6 Å². The summed E-state index contributed by atoms with van der Waals surface area (Å²) in [4.78, 5) is 25.2. The number of benzene rings is 2. The van der Waals surface area contributed by atoms with E-state index in [0.29, 0.717) is 25.5 Å². The first-order valence-corrected chi connectivity index (χ1v) is 10.4. The number of carbonyl (C=O) groups is 1. The summed E-state index contributed by atoms with van der Waals surface area (Å²) in [5.74, 6) is 0.103. The van der Waals surface area contributed by atoms with E-state index in [2.05, 4.69) is 20.3 Å². The van der Waals surface area contributed by atoms with Gasteiger partial charge in [-0.3, -0.25) is 4.79 Å². The van der Waals surface area contributed by atoms with Crippen molar-refractivity contribution in [3.8, 4) is 16.5 Å². The van der Waals surface area contributed by atoms with E-state index in [0.717, 1.165) is 21.8 Å². The lowest BCUT2D eigenvalue weighted by Gasteiger charge is -2.07. The second-order valence-electron chi connectivity index (χ2n) is 6.53. The zero-order valence-electron chi connectivity index (χ0n) is 16.2. The van der Waals surface area contributed by atoms with E-state index in [-0.39, 0.29) is 11.6 Å². The van der Waals surface area contributed by atoms with Gasteiger partial charge in [0.2, 0.25) is 5.88 Å². The molecule has 0 aliphatic heterocycles. The Hall–Kier alpha value is -3.58. The summed E-state index contributed by atoms with van der Waals surface area (Å²) < 4.78 is 5.66. The predicted molar refractivity (Wildman–Crippen MR) is 116 cm³/mol. The van der Waals surface area contributed by atoms with E-state index in [9.17, 15) is 4.79 Å². The number of aromatic nitrogens is 3. The highest BCUT2D eigenvalue weighted by molar-refractivity contribution is 7.13. The molecule has 0 bridgehead atoms. The molecule has 4 aromatic rings. The molecular weight excluding hydrogens is 396 g/mol. The fourth-order valence-corrected chi connectivity index (χ4v) is 3.66. The predicted octanol–water partition coefficient (Wildman–Crippen LogP) is 4.15. The molecule has 0 atom stereocenters.